The fourth-order valence-corrected chi connectivity index (χ4v) is 1.52. The molecule has 0 bridgehead atoms. The van der Waals surface area contributed by atoms with E-state index in [2.05, 4.69) is 0 Å². The molecule has 0 aliphatic carbocycles. The summed E-state index contributed by atoms with van der Waals surface area (Å²) in [6.45, 7) is 1.82. The molecule has 0 aromatic heterocycles. The molecule has 3 nitrogen and oxygen atoms in total. The maximum absolute atomic E-state index is 12.6. The number of hydrogen-bond donors (Lipinski definition) is 1. The Bertz CT molecular complexity index is 349. The quantitative estimate of drug-likeness (QED) is 0.912. The summed E-state index contributed by atoms with van der Waals surface area (Å²) in [6, 6.07) is 1.89. The minimum Gasteiger partial charge on any atom is -0.496 e. The van der Waals surface area contributed by atoms with Crippen molar-refractivity contribution in [3.63, 3.8) is 0 Å². The third-order valence-electron chi connectivity index (χ3n) is 2.29. The summed E-state index contributed by atoms with van der Waals surface area (Å²) in [4.78, 5) is 0. The van der Waals surface area contributed by atoms with Crippen molar-refractivity contribution in [1.29, 1.82) is 0 Å². The highest BCUT2D eigenvalue weighted by Gasteiger charge is 2.25. The molecule has 17 heavy (non-hydrogen) atoms. The highest BCUT2D eigenvalue weighted by Crippen LogP contribution is 2.36. The lowest BCUT2D eigenvalue weighted by molar-refractivity contribution is 0.113. The predicted octanol–water partition coefficient (Wildman–Crippen LogP) is 2.70. The highest BCUT2D eigenvalue weighted by molar-refractivity contribution is 5.85. The Labute approximate surface area is 105 Å². The molecule has 0 spiro atoms. The molecule has 6 heteroatoms. The average molecular weight is 268 g/mol. The van der Waals surface area contributed by atoms with E-state index < -0.39 is 12.5 Å². The number of aryl methyl sites for hydroxylation is 1. The van der Waals surface area contributed by atoms with Crippen LogP contribution < -0.4 is 15.2 Å². The third kappa shape index (κ3) is 3.44. The third-order valence-corrected chi connectivity index (χ3v) is 2.29. The van der Waals surface area contributed by atoms with Gasteiger partial charge in [0.1, 0.15) is 11.5 Å². The summed E-state index contributed by atoms with van der Waals surface area (Å²) in [5.74, 6) is 0.648. The summed E-state index contributed by atoms with van der Waals surface area (Å²) in [7, 11) is 2.83. The van der Waals surface area contributed by atoms with Crippen molar-refractivity contribution in [1.82, 2.24) is 0 Å². The zero-order chi connectivity index (χ0) is 12.3. The average Bonchev–Trinajstić information content (AvgIpc) is 2.26. The van der Waals surface area contributed by atoms with Gasteiger partial charge >= 0.3 is 0 Å². The molecular formula is C11H16ClF2NO2. The number of halogens is 3. The summed E-state index contributed by atoms with van der Waals surface area (Å²) in [5.41, 5.74) is 6.49. The van der Waals surface area contributed by atoms with Crippen LogP contribution in [0.3, 0.4) is 0 Å². The van der Waals surface area contributed by atoms with Crippen LogP contribution in [0.1, 0.15) is 17.2 Å². The summed E-state index contributed by atoms with van der Waals surface area (Å²) < 4.78 is 35.3. The van der Waals surface area contributed by atoms with Gasteiger partial charge in [-0.25, -0.2) is 8.78 Å². The molecule has 0 saturated heterocycles. The number of rotatable bonds is 4. The molecule has 0 heterocycles. The molecule has 0 unspecified atom stereocenters. The molecule has 1 aromatic rings. The lowest BCUT2D eigenvalue weighted by Crippen LogP contribution is -2.20. The second kappa shape index (κ2) is 6.61. The van der Waals surface area contributed by atoms with Gasteiger partial charge in [-0.05, 0) is 24.6 Å². The highest BCUT2D eigenvalue weighted by atomic mass is 35.5. The van der Waals surface area contributed by atoms with Crippen LogP contribution in [-0.2, 0) is 0 Å². The number of hydrogen-bond acceptors (Lipinski definition) is 3. The topological polar surface area (TPSA) is 44.5 Å². The van der Waals surface area contributed by atoms with E-state index in [9.17, 15) is 8.78 Å². The van der Waals surface area contributed by atoms with Crippen LogP contribution >= 0.6 is 12.4 Å². The maximum atomic E-state index is 12.6. The van der Waals surface area contributed by atoms with E-state index in [-0.39, 0.29) is 18.0 Å². The SMILES string of the molecule is COc1cc(C)cc(OC)c1[C@@H](N)C(F)F.Cl. The molecule has 1 rings (SSSR count). The molecule has 0 saturated carbocycles. The smallest absolute Gasteiger partial charge is 0.257 e. The fourth-order valence-electron chi connectivity index (χ4n) is 1.52. The van der Waals surface area contributed by atoms with Gasteiger partial charge in [0.05, 0.1) is 25.8 Å². The van der Waals surface area contributed by atoms with Gasteiger partial charge in [0.2, 0.25) is 0 Å². The maximum Gasteiger partial charge on any atom is 0.257 e. The van der Waals surface area contributed by atoms with Crippen molar-refractivity contribution in [3.05, 3.63) is 23.3 Å². The van der Waals surface area contributed by atoms with Gasteiger partial charge in [-0.15, -0.1) is 12.4 Å². The van der Waals surface area contributed by atoms with E-state index in [1.807, 2.05) is 6.92 Å². The van der Waals surface area contributed by atoms with Crippen molar-refractivity contribution in [2.75, 3.05) is 14.2 Å². The van der Waals surface area contributed by atoms with E-state index in [1.165, 1.54) is 14.2 Å². The van der Waals surface area contributed by atoms with Crippen molar-refractivity contribution in [3.8, 4) is 11.5 Å². The first-order chi connectivity index (χ1) is 7.51. The Balaban J connectivity index is 0.00000256. The van der Waals surface area contributed by atoms with Gasteiger partial charge in [0.15, 0.2) is 0 Å². The molecule has 2 N–H and O–H groups in total. The first-order valence-corrected chi connectivity index (χ1v) is 4.77. The second-order valence-electron chi connectivity index (χ2n) is 3.44. The molecule has 98 valence electrons. The van der Waals surface area contributed by atoms with Crippen LogP contribution in [0.5, 0.6) is 11.5 Å². The van der Waals surface area contributed by atoms with Crippen LogP contribution in [0.25, 0.3) is 0 Å². The van der Waals surface area contributed by atoms with Gasteiger partial charge in [-0.3, -0.25) is 0 Å². The van der Waals surface area contributed by atoms with Crippen molar-refractivity contribution >= 4 is 12.4 Å². The number of nitrogens with two attached hydrogens (primary N) is 1. The number of benzene rings is 1. The molecule has 0 fully saturated rings. The Morgan fingerprint density at radius 3 is 1.82 bits per heavy atom. The molecule has 0 radical (unpaired) electrons. The first-order valence-electron chi connectivity index (χ1n) is 4.77. The first kappa shape index (κ1) is 15.9. The van der Waals surface area contributed by atoms with E-state index in [4.69, 9.17) is 15.2 Å². The van der Waals surface area contributed by atoms with Gasteiger partial charge in [0, 0.05) is 0 Å². The fraction of sp³-hybridized carbons (Fsp3) is 0.455. The van der Waals surface area contributed by atoms with Crippen LogP contribution in [0, 0.1) is 6.92 Å². The van der Waals surface area contributed by atoms with Crippen LogP contribution in [0.4, 0.5) is 8.78 Å². The molecule has 0 aliphatic rings. The Hall–Kier alpha value is -1.07. The van der Waals surface area contributed by atoms with Crippen molar-refractivity contribution in [2.45, 2.75) is 19.4 Å². The van der Waals surface area contributed by atoms with E-state index in [1.54, 1.807) is 12.1 Å². The lowest BCUT2D eigenvalue weighted by atomic mass is 10.0. The van der Waals surface area contributed by atoms with E-state index in [0.29, 0.717) is 11.5 Å². The minimum absolute atomic E-state index is 0. The molecule has 1 atom stereocenters. The van der Waals surface area contributed by atoms with Gasteiger partial charge < -0.3 is 15.2 Å². The van der Waals surface area contributed by atoms with Gasteiger partial charge in [-0.2, -0.15) is 0 Å². The second-order valence-corrected chi connectivity index (χ2v) is 3.44. The summed E-state index contributed by atoms with van der Waals surface area (Å²) in [6.07, 6.45) is -2.66. The summed E-state index contributed by atoms with van der Waals surface area (Å²) >= 11 is 0. The predicted molar refractivity (Wildman–Crippen MR) is 64.5 cm³/mol. The van der Waals surface area contributed by atoms with Crippen molar-refractivity contribution in [2.24, 2.45) is 5.73 Å². The Kier molecular flexibility index (Phi) is 6.20. The van der Waals surface area contributed by atoms with Gasteiger partial charge in [0.25, 0.3) is 6.43 Å². The zero-order valence-corrected chi connectivity index (χ0v) is 10.7. The molecule has 1 aromatic carbocycles. The number of ether oxygens (including phenoxy) is 2. The standard InChI is InChI=1S/C11H15F2NO2.ClH/c1-6-4-7(15-2)9(8(5-6)16-3)10(14)11(12)13;/h4-5,10-11H,14H2,1-3H3;1H/t10-;/m1./s1. The minimum atomic E-state index is -2.66. The molecule has 0 aliphatic heterocycles. The Morgan fingerprint density at radius 2 is 1.53 bits per heavy atom. The monoisotopic (exact) mass is 267 g/mol. The van der Waals surface area contributed by atoms with Gasteiger partial charge in [-0.1, -0.05) is 0 Å². The van der Waals surface area contributed by atoms with Crippen molar-refractivity contribution < 1.29 is 18.3 Å². The van der Waals surface area contributed by atoms with Crippen LogP contribution in [0.2, 0.25) is 0 Å². The normalized spacial score (nSPS) is 11.9. The zero-order valence-electron chi connectivity index (χ0n) is 9.87. The molecular weight excluding hydrogens is 252 g/mol. The number of alkyl halides is 2. The summed E-state index contributed by atoms with van der Waals surface area (Å²) in [5, 5.41) is 0. The lowest BCUT2D eigenvalue weighted by Gasteiger charge is -2.19. The largest absolute Gasteiger partial charge is 0.496 e. The number of methoxy groups -OCH3 is 2. The van der Waals surface area contributed by atoms with Crippen LogP contribution in [-0.4, -0.2) is 20.6 Å². The molecule has 0 amide bonds. The van der Waals surface area contributed by atoms with E-state index >= 15 is 0 Å². The van der Waals surface area contributed by atoms with E-state index in [0.717, 1.165) is 5.56 Å². The van der Waals surface area contributed by atoms with Crippen LogP contribution in [0.15, 0.2) is 12.1 Å². The Morgan fingerprint density at radius 1 is 1.12 bits per heavy atom.